The highest BCUT2D eigenvalue weighted by atomic mass is 16.2. The molecule has 1 aliphatic heterocycles. The van der Waals surface area contributed by atoms with Crippen molar-refractivity contribution in [3.63, 3.8) is 0 Å². The lowest BCUT2D eigenvalue weighted by atomic mass is 9.87. The van der Waals surface area contributed by atoms with Crippen LogP contribution in [-0.4, -0.2) is 29.8 Å². The van der Waals surface area contributed by atoms with Gasteiger partial charge in [-0.2, -0.15) is 0 Å². The largest absolute Gasteiger partial charge is 0.343 e. The molecule has 0 atom stereocenters. The summed E-state index contributed by atoms with van der Waals surface area (Å²) in [7, 11) is 0. The summed E-state index contributed by atoms with van der Waals surface area (Å²) < 4.78 is 0. The lowest BCUT2D eigenvalue weighted by Crippen LogP contribution is -2.41. The molecule has 4 nitrogen and oxygen atoms in total. The van der Waals surface area contributed by atoms with Crippen molar-refractivity contribution in [3.05, 3.63) is 102 Å². The third-order valence-corrected chi connectivity index (χ3v) is 6.04. The molecule has 31 heavy (non-hydrogen) atoms. The molecule has 1 saturated heterocycles. The molecule has 0 aliphatic carbocycles. The van der Waals surface area contributed by atoms with Crippen molar-refractivity contribution in [2.24, 2.45) is 5.92 Å². The quantitative estimate of drug-likeness (QED) is 0.613. The van der Waals surface area contributed by atoms with E-state index >= 15 is 0 Å². The number of nitrogens with zero attached hydrogens (tertiary/aromatic N) is 1. The maximum atomic E-state index is 13.1. The molecule has 0 saturated carbocycles. The van der Waals surface area contributed by atoms with Crippen molar-refractivity contribution in [1.29, 1.82) is 0 Å². The molecule has 0 spiro atoms. The Morgan fingerprint density at radius 3 is 1.77 bits per heavy atom. The van der Waals surface area contributed by atoms with E-state index in [4.69, 9.17) is 0 Å². The summed E-state index contributed by atoms with van der Waals surface area (Å²) in [6.07, 6.45) is 1.84. The third-order valence-electron chi connectivity index (χ3n) is 6.04. The van der Waals surface area contributed by atoms with Gasteiger partial charge in [0.05, 0.1) is 0 Å². The zero-order valence-corrected chi connectivity index (χ0v) is 17.6. The van der Waals surface area contributed by atoms with Crippen LogP contribution in [0.4, 0.5) is 5.69 Å². The topological polar surface area (TPSA) is 49.4 Å². The number of para-hydroxylation sites is 1. The first-order valence-corrected chi connectivity index (χ1v) is 10.9. The first kappa shape index (κ1) is 20.9. The molecule has 4 rings (SSSR count). The average Bonchev–Trinajstić information content (AvgIpc) is 2.84. The van der Waals surface area contributed by atoms with Gasteiger partial charge in [0.2, 0.25) is 11.8 Å². The molecule has 1 heterocycles. The summed E-state index contributed by atoms with van der Waals surface area (Å²) in [6.45, 7) is 1.25. The van der Waals surface area contributed by atoms with Gasteiger partial charge in [-0.3, -0.25) is 9.59 Å². The summed E-state index contributed by atoms with van der Waals surface area (Å²) in [5, 5.41) is 2.99. The normalized spacial score (nSPS) is 14.4. The van der Waals surface area contributed by atoms with Crippen LogP contribution in [0.25, 0.3) is 0 Å². The van der Waals surface area contributed by atoms with Gasteiger partial charge in [0.15, 0.2) is 0 Å². The van der Waals surface area contributed by atoms with Crippen LogP contribution in [-0.2, 0) is 9.59 Å². The second-order valence-electron chi connectivity index (χ2n) is 8.09. The fraction of sp³-hybridized carbons (Fsp3) is 0.259. The fourth-order valence-corrected chi connectivity index (χ4v) is 4.26. The van der Waals surface area contributed by atoms with Gasteiger partial charge in [-0.15, -0.1) is 0 Å². The number of piperidine rings is 1. The Bertz CT molecular complexity index is 942. The summed E-state index contributed by atoms with van der Waals surface area (Å²) >= 11 is 0. The molecule has 3 aromatic carbocycles. The molecule has 0 unspecified atom stereocenters. The van der Waals surface area contributed by atoms with E-state index < -0.39 is 0 Å². The molecule has 2 amide bonds. The number of benzene rings is 3. The van der Waals surface area contributed by atoms with Gasteiger partial charge in [-0.05, 0) is 36.1 Å². The minimum absolute atomic E-state index is 0.0361. The monoisotopic (exact) mass is 412 g/mol. The Morgan fingerprint density at radius 1 is 0.774 bits per heavy atom. The molecule has 158 valence electrons. The number of hydrogen-bond acceptors (Lipinski definition) is 2. The van der Waals surface area contributed by atoms with Gasteiger partial charge in [-0.25, -0.2) is 0 Å². The summed E-state index contributed by atoms with van der Waals surface area (Å²) in [5.41, 5.74) is 3.12. The van der Waals surface area contributed by atoms with E-state index in [0.29, 0.717) is 32.4 Å². The van der Waals surface area contributed by atoms with E-state index in [1.807, 2.05) is 71.6 Å². The molecular formula is C27H28N2O2. The predicted molar refractivity (Wildman–Crippen MR) is 124 cm³/mol. The van der Waals surface area contributed by atoms with Crippen molar-refractivity contribution in [1.82, 2.24) is 4.90 Å². The van der Waals surface area contributed by atoms with Gasteiger partial charge in [-0.1, -0.05) is 78.9 Å². The summed E-state index contributed by atoms with van der Waals surface area (Å²) in [6, 6.07) is 30.0. The van der Waals surface area contributed by atoms with E-state index in [9.17, 15) is 9.59 Å². The van der Waals surface area contributed by atoms with Crippen molar-refractivity contribution in [2.45, 2.75) is 25.2 Å². The molecule has 0 aromatic heterocycles. The van der Waals surface area contributed by atoms with Crippen LogP contribution in [0, 0.1) is 5.92 Å². The zero-order valence-electron chi connectivity index (χ0n) is 17.6. The van der Waals surface area contributed by atoms with Gasteiger partial charge < -0.3 is 10.2 Å². The smallest absolute Gasteiger partial charge is 0.227 e. The van der Waals surface area contributed by atoms with E-state index in [1.54, 1.807) is 0 Å². The predicted octanol–water partition coefficient (Wildman–Crippen LogP) is 5.09. The number of likely N-dealkylation sites (tertiary alicyclic amines) is 1. The molecule has 1 fully saturated rings. The Labute approximate surface area is 183 Å². The molecule has 1 N–H and O–H groups in total. The van der Waals surface area contributed by atoms with Crippen molar-refractivity contribution in [3.8, 4) is 0 Å². The van der Waals surface area contributed by atoms with E-state index in [1.165, 1.54) is 0 Å². The highest BCUT2D eigenvalue weighted by molar-refractivity contribution is 5.92. The van der Waals surface area contributed by atoms with Crippen LogP contribution in [0.15, 0.2) is 91.0 Å². The van der Waals surface area contributed by atoms with Crippen molar-refractivity contribution >= 4 is 17.5 Å². The second kappa shape index (κ2) is 10.1. The second-order valence-corrected chi connectivity index (χ2v) is 8.09. The molecule has 0 radical (unpaired) electrons. The number of anilines is 1. The Hall–Kier alpha value is -3.40. The van der Waals surface area contributed by atoms with Crippen molar-refractivity contribution < 1.29 is 9.59 Å². The first-order chi connectivity index (χ1) is 15.2. The Kier molecular flexibility index (Phi) is 6.78. The standard InChI is InChI=1S/C27H28N2O2/c30-26(20-25(21-10-4-1-5-11-21)22-12-6-2-7-13-22)29-18-16-23(17-19-29)27(31)28-24-14-8-3-9-15-24/h1-15,23,25H,16-20H2,(H,28,31). The van der Waals surface area contributed by atoms with Crippen LogP contribution in [0.3, 0.4) is 0 Å². The lowest BCUT2D eigenvalue weighted by Gasteiger charge is -2.32. The number of carbonyl (C=O) groups is 2. The average molecular weight is 413 g/mol. The van der Waals surface area contributed by atoms with Crippen LogP contribution < -0.4 is 5.32 Å². The molecule has 4 heteroatoms. The zero-order chi connectivity index (χ0) is 21.5. The van der Waals surface area contributed by atoms with Crippen LogP contribution in [0.1, 0.15) is 36.3 Å². The fourth-order valence-electron chi connectivity index (χ4n) is 4.26. The maximum Gasteiger partial charge on any atom is 0.227 e. The number of amides is 2. The number of carbonyl (C=O) groups excluding carboxylic acids is 2. The lowest BCUT2D eigenvalue weighted by molar-refractivity contribution is -0.134. The minimum atomic E-state index is -0.0525. The van der Waals surface area contributed by atoms with Gasteiger partial charge >= 0.3 is 0 Å². The van der Waals surface area contributed by atoms with E-state index in [2.05, 4.69) is 29.6 Å². The summed E-state index contributed by atoms with van der Waals surface area (Å²) in [4.78, 5) is 27.6. The highest BCUT2D eigenvalue weighted by Gasteiger charge is 2.29. The Balaban J connectivity index is 1.37. The number of nitrogens with one attached hydrogen (secondary N) is 1. The minimum Gasteiger partial charge on any atom is -0.343 e. The number of rotatable bonds is 6. The van der Waals surface area contributed by atoms with Crippen LogP contribution in [0.2, 0.25) is 0 Å². The van der Waals surface area contributed by atoms with Crippen LogP contribution >= 0.6 is 0 Å². The van der Waals surface area contributed by atoms with Crippen molar-refractivity contribution in [2.75, 3.05) is 18.4 Å². The molecular weight excluding hydrogens is 384 g/mol. The van der Waals surface area contributed by atoms with Crippen LogP contribution in [0.5, 0.6) is 0 Å². The van der Waals surface area contributed by atoms with Gasteiger partial charge in [0, 0.05) is 37.0 Å². The molecule has 1 aliphatic rings. The highest BCUT2D eigenvalue weighted by Crippen LogP contribution is 2.29. The number of hydrogen-bond donors (Lipinski definition) is 1. The SMILES string of the molecule is O=C(Nc1ccccc1)C1CCN(C(=O)CC(c2ccccc2)c2ccccc2)CC1. The third kappa shape index (κ3) is 5.40. The molecule has 3 aromatic rings. The van der Waals surface area contributed by atoms with Gasteiger partial charge in [0.1, 0.15) is 0 Å². The van der Waals surface area contributed by atoms with E-state index in [0.717, 1.165) is 16.8 Å². The van der Waals surface area contributed by atoms with Gasteiger partial charge in [0.25, 0.3) is 0 Å². The van der Waals surface area contributed by atoms with E-state index in [-0.39, 0.29) is 23.7 Å². The first-order valence-electron chi connectivity index (χ1n) is 10.9. The maximum absolute atomic E-state index is 13.1. The summed E-state index contributed by atoms with van der Waals surface area (Å²) in [5.74, 6) is 0.182. The Morgan fingerprint density at radius 2 is 1.26 bits per heavy atom. The molecule has 0 bridgehead atoms.